The number of nitrogens with zero attached hydrogens (tertiary/aromatic N) is 1. The van der Waals surface area contributed by atoms with Crippen LogP contribution in [0.3, 0.4) is 0 Å². The maximum Gasteiger partial charge on any atom is 0.263 e. The van der Waals surface area contributed by atoms with Gasteiger partial charge in [-0.05, 0) is 119 Å². The summed E-state index contributed by atoms with van der Waals surface area (Å²) in [5.41, 5.74) is 13.9. The van der Waals surface area contributed by atoms with E-state index in [0.29, 0.717) is 0 Å². The van der Waals surface area contributed by atoms with Crippen molar-refractivity contribution in [2.75, 3.05) is 0 Å². The van der Waals surface area contributed by atoms with Gasteiger partial charge < -0.3 is 0 Å². The Morgan fingerprint density at radius 3 is 1.54 bits per heavy atom. The van der Waals surface area contributed by atoms with E-state index >= 15 is 0 Å². The monoisotopic (exact) mass is 715 g/mol. The van der Waals surface area contributed by atoms with E-state index < -0.39 is 0 Å². The highest BCUT2D eigenvalue weighted by Gasteiger charge is 2.36. The molecule has 9 aromatic carbocycles. The van der Waals surface area contributed by atoms with E-state index in [1.165, 1.54) is 77.2 Å². The van der Waals surface area contributed by atoms with Gasteiger partial charge in [0.15, 0.2) is 0 Å². The SMILES string of the molecule is CC1(C)c2cc(-c3ccc4c(-c5ccccc5)c5ccccc5c(-c5ccccc5)c4c3)ccc2-c2ccc(-n3c(=O)c4ccccc4c4ccccc43)cc21. The first-order valence-corrected chi connectivity index (χ1v) is 19.4. The topological polar surface area (TPSA) is 22.0 Å². The molecule has 56 heavy (non-hydrogen) atoms. The Balaban J connectivity index is 1.08. The number of benzene rings is 9. The molecule has 264 valence electrons. The number of rotatable bonds is 4. The lowest BCUT2D eigenvalue weighted by atomic mass is 9.81. The van der Waals surface area contributed by atoms with Crippen molar-refractivity contribution in [3.63, 3.8) is 0 Å². The van der Waals surface area contributed by atoms with Gasteiger partial charge in [0.1, 0.15) is 0 Å². The molecule has 0 saturated carbocycles. The van der Waals surface area contributed by atoms with Crippen LogP contribution in [0.1, 0.15) is 25.0 Å². The van der Waals surface area contributed by atoms with Crippen molar-refractivity contribution in [2.24, 2.45) is 0 Å². The average Bonchev–Trinajstić information content (AvgIpc) is 3.48. The van der Waals surface area contributed by atoms with E-state index in [1.54, 1.807) is 0 Å². The van der Waals surface area contributed by atoms with Crippen LogP contribution in [0.25, 0.3) is 93.4 Å². The lowest BCUT2D eigenvalue weighted by Crippen LogP contribution is -2.20. The summed E-state index contributed by atoms with van der Waals surface area (Å²) in [5, 5.41) is 7.79. The van der Waals surface area contributed by atoms with E-state index in [0.717, 1.165) is 27.4 Å². The maximum absolute atomic E-state index is 14.2. The smallest absolute Gasteiger partial charge is 0.263 e. The van der Waals surface area contributed by atoms with Crippen LogP contribution in [0.2, 0.25) is 0 Å². The van der Waals surface area contributed by atoms with Crippen molar-refractivity contribution in [3.05, 3.63) is 210 Å². The number of hydrogen-bond donors (Lipinski definition) is 0. The lowest BCUT2D eigenvalue weighted by Gasteiger charge is -2.23. The fourth-order valence-electron chi connectivity index (χ4n) is 9.52. The molecule has 2 nitrogen and oxygen atoms in total. The summed E-state index contributed by atoms with van der Waals surface area (Å²) >= 11 is 0. The summed E-state index contributed by atoms with van der Waals surface area (Å²) in [6, 6.07) is 67.2. The van der Waals surface area contributed by atoms with Crippen LogP contribution >= 0.6 is 0 Å². The summed E-state index contributed by atoms with van der Waals surface area (Å²) in [5.74, 6) is 0. The lowest BCUT2D eigenvalue weighted by molar-refractivity contribution is 0.660. The molecule has 11 rings (SSSR count). The van der Waals surface area contributed by atoms with Crippen molar-refractivity contribution in [3.8, 4) is 50.2 Å². The summed E-state index contributed by atoms with van der Waals surface area (Å²) < 4.78 is 1.90. The van der Waals surface area contributed by atoms with Crippen LogP contribution < -0.4 is 5.56 Å². The van der Waals surface area contributed by atoms with Crippen molar-refractivity contribution in [1.82, 2.24) is 4.57 Å². The average molecular weight is 716 g/mol. The second-order valence-corrected chi connectivity index (χ2v) is 15.6. The predicted octanol–water partition coefficient (Wildman–Crippen LogP) is 13.8. The molecule has 1 aromatic heterocycles. The normalized spacial score (nSPS) is 13.0. The molecule has 0 unspecified atom stereocenters. The van der Waals surface area contributed by atoms with E-state index in [-0.39, 0.29) is 11.0 Å². The van der Waals surface area contributed by atoms with Gasteiger partial charge in [0.05, 0.1) is 5.52 Å². The van der Waals surface area contributed by atoms with Crippen molar-refractivity contribution in [1.29, 1.82) is 0 Å². The number of para-hydroxylation sites is 1. The fraction of sp³-hybridized carbons (Fsp3) is 0.0556. The number of fused-ring (bicyclic) bond motifs is 8. The van der Waals surface area contributed by atoms with Gasteiger partial charge in [-0.1, -0.05) is 166 Å². The Bertz CT molecular complexity index is 3280. The second kappa shape index (κ2) is 12.2. The summed E-state index contributed by atoms with van der Waals surface area (Å²) in [7, 11) is 0. The van der Waals surface area contributed by atoms with Gasteiger partial charge in [0, 0.05) is 21.9 Å². The molecule has 1 heterocycles. The van der Waals surface area contributed by atoms with Gasteiger partial charge in [-0.2, -0.15) is 0 Å². The van der Waals surface area contributed by atoms with Gasteiger partial charge in [0.2, 0.25) is 0 Å². The van der Waals surface area contributed by atoms with Crippen LogP contribution in [0.15, 0.2) is 193 Å². The second-order valence-electron chi connectivity index (χ2n) is 15.6. The Kier molecular flexibility index (Phi) is 7.09. The Labute approximate surface area is 325 Å². The molecule has 0 bridgehead atoms. The predicted molar refractivity (Wildman–Crippen MR) is 236 cm³/mol. The van der Waals surface area contributed by atoms with Crippen LogP contribution in [0.5, 0.6) is 0 Å². The molecular weight excluding hydrogens is 679 g/mol. The zero-order chi connectivity index (χ0) is 37.5. The minimum Gasteiger partial charge on any atom is -0.276 e. The molecule has 0 aliphatic heterocycles. The number of pyridine rings is 1. The first-order chi connectivity index (χ1) is 27.5. The molecule has 1 aliphatic carbocycles. The zero-order valence-corrected chi connectivity index (χ0v) is 31.3. The molecule has 0 radical (unpaired) electrons. The van der Waals surface area contributed by atoms with Crippen molar-refractivity contribution in [2.45, 2.75) is 19.3 Å². The molecule has 0 N–H and O–H groups in total. The minimum absolute atomic E-state index is 0.00392. The molecule has 0 atom stereocenters. The van der Waals surface area contributed by atoms with Gasteiger partial charge in [-0.3, -0.25) is 9.36 Å². The van der Waals surface area contributed by atoms with Gasteiger partial charge in [-0.15, -0.1) is 0 Å². The maximum atomic E-state index is 14.2. The first-order valence-electron chi connectivity index (χ1n) is 19.4. The number of aromatic nitrogens is 1. The molecular formula is C54H37NO. The van der Waals surface area contributed by atoms with Crippen LogP contribution in [0.4, 0.5) is 0 Å². The molecule has 2 heteroatoms. The molecule has 1 aliphatic rings. The van der Waals surface area contributed by atoms with E-state index in [1.807, 2.05) is 41.0 Å². The molecule has 0 spiro atoms. The summed E-state index contributed by atoms with van der Waals surface area (Å²) in [6.07, 6.45) is 0. The largest absolute Gasteiger partial charge is 0.276 e. The number of hydrogen-bond acceptors (Lipinski definition) is 1. The molecule has 10 aromatic rings. The van der Waals surface area contributed by atoms with Crippen molar-refractivity contribution < 1.29 is 0 Å². The third kappa shape index (κ3) is 4.72. The Morgan fingerprint density at radius 1 is 0.375 bits per heavy atom. The Hall–Kier alpha value is -7.03. The van der Waals surface area contributed by atoms with Crippen LogP contribution in [-0.4, -0.2) is 4.57 Å². The molecule has 0 amide bonds. The molecule has 0 saturated heterocycles. The first kappa shape index (κ1) is 32.4. The van der Waals surface area contributed by atoms with Gasteiger partial charge >= 0.3 is 0 Å². The summed E-state index contributed by atoms with van der Waals surface area (Å²) in [4.78, 5) is 14.2. The highest BCUT2D eigenvalue weighted by Crippen LogP contribution is 2.51. The standard InChI is InChI=1S/C54H37NO/c1-54(2)48-32-37(25-28-40(48)41-30-27-38(33-49(41)54)55-50-24-14-13-20-42(50)39-19-9-12-23-46(39)53(55)56)36-26-29-45-47(31-36)52(35-17-7-4-8-18-35)44-22-11-10-21-43(44)51(45)34-15-5-3-6-16-34/h3-33H,1-2H3. The van der Waals surface area contributed by atoms with Crippen molar-refractivity contribution >= 4 is 43.2 Å². The van der Waals surface area contributed by atoms with Crippen LogP contribution in [-0.2, 0) is 5.41 Å². The fourth-order valence-corrected chi connectivity index (χ4v) is 9.52. The summed E-state index contributed by atoms with van der Waals surface area (Å²) in [6.45, 7) is 4.64. The highest BCUT2D eigenvalue weighted by atomic mass is 16.1. The third-order valence-electron chi connectivity index (χ3n) is 12.2. The third-order valence-corrected chi connectivity index (χ3v) is 12.2. The van der Waals surface area contributed by atoms with Gasteiger partial charge in [-0.25, -0.2) is 0 Å². The van der Waals surface area contributed by atoms with Gasteiger partial charge in [0.25, 0.3) is 5.56 Å². The van der Waals surface area contributed by atoms with E-state index in [9.17, 15) is 4.79 Å². The molecule has 0 fully saturated rings. The van der Waals surface area contributed by atoms with E-state index in [4.69, 9.17) is 0 Å². The quantitative estimate of drug-likeness (QED) is 0.131. The Morgan fingerprint density at radius 2 is 0.857 bits per heavy atom. The van der Waals surface area contributed by atoms with E-state index in [2.05, 4.69) is 166 Å². The highest BCUT2D eigenvalue weighted by molar-refractivity contribution is 6.22. The zero-order valence-electron chi connectivity index (χ0n) is 31.3. The van der Waals surface area contributed by atoms with Crippen LogP contribution in [0, 0.1) is 0 Å². The minimum atomic E-state index is -0.282.